The summed E-state index contributed by atoms with van der Waals surface area (Å²) >= 11 is 3.43. The summed E-state index contributed by atoms with van der Waals surface area (Å²) in [5.74, 6) is -0.977. The van der Waals surface area contributed by atoms with E-state index in [4.69, 9.17) is 5.14 Å². The number of carbonyl (C=O) groups excluding carboxylic acids is 1. The number of ketones is 1. The second-order valence-corrected chi connectivity index (χ2v) is 10.3. The van der Waals surface area contributed by atoms with Crippen molar-refractivity contribution in [2.75, 3.05) is 11.9 Å². The van der Waals surface area contributed by atoms with Gasteiger partial charge in [-0.3, -0.25) is 13.7 Å². The summed E-state index contributed by atoms with van der Waals surface area (Å²) in [5, 5.41) is 32.9. The smallest absolute Gasteiger partial charge is 0.333 e. The highest BCUT2D eigenvalue weighted by atomic mass is 79.9. The minimum absolute atomic E-state index is 0.131. The van der Waals surface area contributed by atoms with Crippen molar-refractivity contribution in [2.45, 2.75) is 31.2 Å². The maximum Gasteiger partial charge on any atom is 0.333 e. The lowest BCUT2D eigenvalue weighted by Crippen LogP contribution is -2.36. The van der Waals surface area contributed by atoms with Crippen LogP contribution in [0.1, 0.15) is 28.0 Å². The summed E-state index contributed by atoms with van der Waals surface area (Å²) in [4.78, 5) is 21.2. The fraction of sp³-hybridized carbons (Fsp3) is 0.333. The van der Waals surface area contributed by atoms with Crippen LogP contribution in [-0.4, -0.2) is 69.0 Å². The molecule has 3 aromatic rings. The summed E-state index contributed by atoms with van der Waals surface area (Å²) in [7, 11) is -4.19. The van der Waals surface area contributed by atoms with Gasteiger partial charge >= 0.3 is 10.3 Å². The van der Waals surface area contributed by atoms with Crippen molar-refractivity contribution >= 4 is 37.8 Å². The number of carbonyl (C=O) groups is 1. The Morgan fingerprint density at radius 2 is 2.09 bits per heavy atom. The predicted octanol–water partition coefficient (Wildman–Crippen LogP) is 0.457. The number of halogens is 1. The highest BCUT2D eigenvalue weighted by Gasteiger charge is 2.42. The molecule has 1 saturated carbocycles. The van der Waals surface area contributed by atoms with E-state index in [2.05, 4.69) is 40.5 Å². The lowest BCUT2D eigenvalue weighted by atomic mass is 10.1. The van der Waals surface area contributed by atoms with Gasteiger partial charge in [0.1, 0.15) is 23.9 Å². The Morgan fingerprint density at radius 3 is 2.83 bits per heavy atom. The van der Waals surface area contributed by atoms with E-state index < -0.39 is 40.3 Å². The zero-order chi connectivity index (χ0) is 25.2. The number of rotatable bonds is 9. The van der Waals surface area contributed by atoms with E-state index in [9.17, 15) is 23.4 Å². The molecule has 4 rings (SSSR count). The molecule has 0 saturated heterocycles. The van der Waals surface area contributed by atoms with Crippen LogP contribution in [0.3, 0.4) is 0 Å². The van der Waals surface area contributed by atoms with Crippen molar-refractivity contribution in [3.63, 3.8) is 0 Å². The number of nitrogens with one attached hydrogen (secondary N) is 1. The van der Waals surface area contributed by atoms with Crippen molar-refractivity contribution in [1.29, 1.82) is 0 Å². The van der Waals surface area contributed by atoms with Crippen LogP contribution in [0.5, 0.6) is 0 Å². The molecule has 14 heteroatoms. The highest BCUT2D eigenvalue weighted by Crippen LogP contribution is 2.30. The molecule has 0 radical (unpaired) electrons. The topological polar surface area (TPSA) is 183 Å². The van der Waals surface area contributed by atoms with E-state index in [1.54, 1.807) is 16.9 Å². The summed E-state index contributed by atoms with van der Waals surface area (Å²) in [6, 6.07) is 8.60. The van der Waals surface area contributed by atoms with E-state index >= 15 is 0 Å². The average molecular weight is 567 g/mol. The normalized spacial score (nSPS) is 22.3. The molecule has 1 aliphatic rings. The summed E-state index contributed by atoms with van der Waals surface area (Å²) in [6.07, 6.45) is 1.90. The van der Waals surface area contributed by atoms with Crippen LogP contribution in [0.25, 0.3) is 0 Å². The Hall–Kier alpha value is -2.75. The van der Waals surface area contributed by atoms with Crippen LogP contribution in [-0.2, 0) is 21.0 Å². The van der Waals surface area contributed by atoms with Crippen LogP contribution in [0.15, 0.2) is 53.5 Å². The van der Waals surface area contributed by atoms with Gasteiger partial charge in [0.25, 0.3) is 0 Å². The average Bonchev–Trinajstić information content (AvgIpc) is 3.37. The molecule has 0 unspecified atom stereocenters. The summed E-state index contributed by atoms with van der Waals surface area (Å²) in [5.41, 5.74) is 1.32. The number of hydrogen-bond donors (Lipinski definition) is 4. The molecule has 0 bridgehead atoms. The van der Waals surface area contributed by atoms with Crippen molar-refractivity contribution < 1.29 is 27.6 Å². The van der Waals surface area contributed by atoms with Gasteiger partial charge in [0.15, 0.2) is 0 Å². The highest BCUT2D eigenvalue weighted by molar-refractivity contribution is 9.10. The first-order valence-electron chi connectivity index (χ1n) is 10.5. The Kier molecular flexibility index (Phi) is 7.59. The SMILES string of the molecule is NS(=O)(=O)OC[C@H]1C[C@@H](Nc2ncncc2C(=O)c2ccn(Cc3cccc(Br)c3)n2)[C@H](O)[C@@H]1O. The van der Waals surface area contributed by atoms with Gasteiger partial charge in [-0.15, -0.1) is 0 Å². The van der Waals surface area contributed by atoms with Crippen LogP contribution < -0.4 is 10.5 Å². The Labute approximate surface area is 209 Å². The number of benzene rings is 1. The minimum atomic E-state index is -4.19. The van der Waals surface area contributed by atoms with Crippen molar-refractivity contribution in [1.82, 2.24) is 19.7 Å². The van der Waals surface area contributed by atoms with Gasteiger partial charge in [0, 0.05) is 22.8 Å². The maximum absolute atomic E-state index is 13.2. The zero-order valence-electron chi connectivity index (χ0n) is 18.2. The van der Waals surface area contributed by atoms with Crippen LogP contribution in [0.4, 0.5) is 5.82 Å². The maximum atomic E-state index is 13.2. The van der Waals surface area contributed by atoms with E-state index in [1.807, 2.05) is 24.3 Å². The molecule has 5 N–H and O–H groups in total. The molecule has 4 atom stereocenters. The molecule has 0 spiro atoms. The van der Waals surface area contributed by atoms with Gasteiger partial charge in [-0.2, -0.15) is 13.5 Å². The Morgan fingerprint density at radius 1 is 1.29 bits per heavy atom. The third-order valence-electron chi connectivity index (χ3n) is 5.63. The molecular formula is C21H23BrN6O6S. The van der Waals surface area contributed by atoms with E-state index in [1.165, 1.54) is 12.5 Å². The molecule has 12 nitrogen and oxygen atoms in total. The summed E-state index contributed by atoms with van der Waals surface area (Å²) < 4.78 is 29.2. The predicted molar refractivity (Wildman–Crippen MR) is 128 cm³/mol. The first kappa shape index (κ1) is 25.3. The third kappa shape index (κ3) is 6.28. The molecule has 0 amide bonds. The minimum Gasteiger partial charge on any atom is -0.390 e. The van der Waals surface area contributed by atoms with E-state index in [-0.39, 0.29) is 30.1 Å². The quantitative estimate of drug-likeness (QED) is 0.265. The van der Waals surface area contributed by atoms with Gasteiger partial charge < -0.3 is 15.5 Å². The summed E-state index contributed by atoms with van der Waals surface area (Å²) in [6.45, 7) is 0.0808. The fourth-order valence-corrected chi connectivity index (χ4v) is 4.74. The van der Waals surface area contributed by atoms with Gasteiger partial charge in [-0.25, -0.2) is 15.1 Å². The van der Waals surface area contributed by atoms with Crippen LogP contribution in [0, 0.1) is 5.92 Å². The number of nitrogens with zero attached hydrogens (tertiary/aromatic N) is 4. The molecule has 2 aromatic heterocycles. The zero-order valence-corrected chi connectivity index (χ0v) is 20.6. The molecule has 1 aliphatic carbocycles. The number of anilines is 1. The second-order valence-electron chi connectivity index (χ2n) is 8.15. The Balaban J connectivity index is 1.47. The second kappa shape index (κ2) is 10.5. The first-order chi connectivity index (χ1) is 16.6. The van der Waals surface area contributed by atoms with Crippen LogP contribution in [0.2, 0.25) is 0 Å². The monoisotopic (exact) mass is 566 g/mol. The molecular weight excluding hydrogens is 544 g/mol. The third-order valence-corrected chi connectivity index (χ3v) is 6.59. The molecule has 2 heterocycles. The number of nitrogens with two attached hydrogens (primary N) is 1. The molecule has 1 fully saturated rings. The number of aromatic nitrogens is 4. The Bertz CT molecular complexity index is 1320. The first-order valence-corrected chi connectivity index (χ1v) is 12.8. The molecule has 35 heavy (non-hydrogen) atoms. The van der Waals surface area contributed by atoms with Gasteiger partial charge in [0.05, 0.1) is 30.9 Å². The molecule has 1 aromatic carbocycles. The molecule has 0 aliphatic heterocycles. The molecule has 186 valence electrons. The number of aliphatic hydroxyl groups is 2. The van der Waals surface area contributed by atoms with E-state index in [0.29, 0.717) is 6.54 Å². The van der Waals surface area contributed by atoms with Crippen LogP contribution >= 0.6 is 15.9 Å². The lowest BCUT2D eigenvalue weighted by Gasteiger charge is -2.19. The van der Waals surface area contributed by atoms with Gasteiger partial charge in [0.2, 0.25) is 5.78 Å². The fourth-order valence-electron chi connectivity index (χ4n) is 3.93. The standard InChI is InChI=1S/C21H23BrN6O6S/c22-14-3-1-2-12(6-14)9-28-5-4-16(27-28)19(30)15-8-24-11-25-21(15)26-17-7-13(18(29)20(17)31)10-34-35(23,32)33/h1-6,8,11,13,17-18,20,29,31H,7,9-10H2,(H2,23,32,33)(H,24,25,26)/t13-,17-,18-,20+/m1/s1. The van der Waals surface area contributed by atoms with Crippen molar-refractivity contribution in [3.8, 4) is 0 Å². The van der Waals surface area contributed by atoms with Crippen molar-refractivity contribution in [3.05, 3.63) is 70.3 Å². The van der Waals surface area contributed by atoms with Crippen molar-refractivity contribution in [2.24, 2.45) is 11.1 Å². The largest absolute Gasteiger partial charge is 0.390 e. The number of aliphatic hydroxyl groups excluding tert-OH is 2. The van der Waals surface area contributed by atoms with Gasteiger partial charge in [-0.1, -0.05) is 28.1 Å². The van der Waals surface area contributed by atoms with E-state index in [0.717, 1.165) is 10.0 Å². The number of hydrogen-bond acceptors (Lipinski definition) is 10. The lowest BCUT2D eigenvalue weighted by molar-refractivity contribution is 0.00778. The van der Waals surface area contributed by atoms with Gasteiger partial charge in [-0.05, 0) is 30.2 Å².